The molecule has 0 aromatic heterocycles. The highest BCUT2D eigenvalue weighted by Crippen LogP contribution is 2.16. The lowest BCUT2D eigenvalue weighted by Gasteiger charge is -2.10. The smallest absolute Gasteiger partial charge is 0.340 e. The zero-order chi connectivity index (χ0) is 18.9. The summed E-state index contributed by atoms with van der Waals surface area (Å²) >= 11 is 5.88. The molecule has 0 saturated carbocycles. The molecule has 0 aliphatic carbocycles. The molecule has 2 N–H and O–H groups in total. The standard InChI is InChI=1S/C19H19ClN2O4/c1-2-13-7-3-6-10-16(13)22-17(23)11-21-18(24)12-26-19(25)14-8-4-5-9-15(14)20/h3-10H,2,11-12H2,1H3,(H,21,24)(H,22,23). The average Bonchev–Trinajstić information content (AvgIpc) is 2.65. The van der Waals surface area contributed by atoms with Crippen LogP contribution in [0.5, 0.6) is 0 Å². The number of amides is 2. The Balaban J connectivity index is 1.77. The number of anilines is 1. The van der Waals surface area contributed by atoms with Gasteiger partial charge in [-0.15, -0.1) is 0 Å². The molecule has 0 aliphatic heterocycles. The first-order valence-electron chi connectivity index (χ1n) is 8.07. The van der Waals surface area contributed by atoms with Crippen LogP contribution in [-0.2, 0) is 20.7 Å². The Kier molecular flexibility index (Phi) is 7.17. The molecule has 2 rings (SSSR count). The van der Waals surface area contributed by atoms with Gasteiger partial charge in [0.1, 0.15) is 0 Å². The van der Waals surface area contributed by atoms with Crippen LogP contribution in [-0.4, -0.2) is 30.9 Å². The Labute approximate surface area is 156 Å². The van der Waals surface area contributed by atoms with Crippen molar-refractivity contribution in [3.63, 3.8) is 0 Å². The summed E-state index contributed by atoms with van der Waals surface area (Å²) in [5, 5.41) is 5.38. The highest BCUT2D eigenvalue weighted by Gasteiger charge is 2.14. The highest BCUT2D eigenvalue weighted by molar-refractivity contribution is 6.33. The number of carbonyl (C=O) groups excluding carboxylic acids is 3. The maximum atomic E-state index is 11.9. The predicted octanol–water partition coefficient (Wildman–Crippen LogP) is 2.81. The average molecular weight is 375 g/mol. The van der Waals surface area contributed by atoms with Gasteiger partial charge >= 0.3 is 5.97 Å². The van der Waals surface area contributed by atoms with Crippen LogP contribution in [0.1, 0.15) is 22.8 Å². The van der Waals surface area contributed by atoms with Crippen LogP contribution < -0.4 is 10.6 Å². The Morgan fingerprint density at radius 1 is 1.00 bits per heavy atom. The molecule has 7 heteroatoms. The Morgan fingerprint density at radius 2 is 1.69 bits per heavy atom. The summed E-state index contributed by atoms with van der Waals surface area (Å²) in [4.78, 5) is 35.5. The molecule has 2 amide bonds. The van der Waals surface area contributed by atoms with Gasteiger partial charge in [0.2, 0.25) is 5.91 Å². The summed E-state index contributed by atoms with van der Waals surface area (Å²) in [5.41, 5.74) is 1.89. The van der Waals surface area contributed by atoms with Crippen molar-refractivity contribution in [2.45, 2.75) is 13.3 Å². The summed E-state index contributed by atoms with van der Waals surface area (Å²) < 4.78 is 4.89. The lowest BCUT2D eigenvalue weighted by atomic mass is 10.1. The second kappa shape index (κ2) is 9.58. The molecule has 0 spiro atoms. The van der Waals surface area contributed by atoms with Crippen LogP contribution in [0.4, 0.5) is 5.69 Å². The fraction of sp³-hybridized carbons (Fsp3) is 0.211. The quantitative estimate of drug-likeness (QED) is 0.730. The highest BCUT2D eigenvalue weighted by atomic mass is 35.5. The molecule has 0 unspecified atom stereocenters. The zero-order valence-electron chi connectivity index (χ0n) is 14.3. The van der Waals surface area contributed by atoms with E-state index in [2.05, 4.69) is 10.6 Å². The molecule has 26 heavy (non-hydrogen) atoms. The molecule has 0 saturated heterocycles. The number of halogens is 1. The Hall–Kier alpha value is -2.86. The maximum absolute atomic E-state index is 11.9. The fourth-order valence-electron chi connectivity index (χ4n) is 2.21. The molecule has 0 bridgehead atoms. The molecule has 2 aromatic carbocycles. The van der Waals surface area contributed by atoms with Crippen LogP contribution in [0.15, 0.2) is 48.5 Å². The lowest BCUT2D eigenvalue weighted by Crippen LogP contribution is -2.35. The van der Waals surface area contributed by atoms with Gasteiger partial charge in [-0.3, -0.25) is 9.59 Å². The van der Waals surface area contributed by atoms with E-state index in [0.29, 0.717) is 5.69 Å². The predicted molar refractivity (Wildman–Crippen MR) is 99.2 cm³/mol. The largest absolute Gasteiger partial charge is 0.452 e. The minimum absolute atomic E-state index is 0.177. The molecule has 0 radical (unpaired) electrons. The molecule has 136 valence electrons. The van der Waals surface area contributed by atoms with Crippen molar-refractivity contribution in [2.24, 2.45) is 0 Å². The van der Waals surface area contributed by atoms with Crippen LogP contribution in [0, 0.1) is 0 Å². The van der Waals surface area contributed by atoms with Crippen LogP contribution >= 0.6 is 11.6 Å². The third kappa shape index (κ3) is 5.60. The molecule has 0 aliphatic rings. The van der Waals surface area contributed by atoms with E-state index in [0.717, 1.165) is 12.0 Å². The van der Waals surface area contributed by atoms with E-state index in [1.807, 2.05) is 25.1 Å². The number of esters is 1. The van der Waals surface area contributed by atoms with Gasteiger partial charge in [0.05, 0.1) is 17.1 Å². The van der Waals surface area contributed by atoms with Gasteiger partial charge in [-0.2, -0.15) is 0 Å². The molecule has 0 fully saturated rings. The number of benzene rings is 2. The number of hydrogen-bond acceptors (Lipinski definition) is 4. The number of carbonyl (C=O) groups is 3. The van der Waals surface area contributed by atoms with Gasteiger partial charge in [0, 0.05) is 5.69 Å². The summed E-state index contributed by atoms with van der Waals surface area (Å²) in [7, 11) is 0. The van der Waals surface area contributed by atoms with Crippen molar-refractivity contribution in [3.05, 3.63) is 64.7 Å². The van der Waals surface area contributed by atoms with E-state index in [-0.39, 0.29) is 23.0 Å². The number of aryl methyl sites for hydroxylation is 1. The first kappa shape index (κ1) is 19.5. The molecule has 6 nitrogen and oxygen atoms in total. The van der Waals surface area contributed by atoms with Gasteiger partial charge in [0.25, 0.3) is 5.91 Å². The molecular formula is C19H19ClN2O4. The minimum Gasteiger partial charge on any atom is -0.452 e. The van der Waals surface area contributed by atoms with Crippen LogP contribution in [0.25, 0.3) is 0 Å². The zero-order valence-corrected chi connectivity index (χ0v) is 15.0. The van der Waals surface area contributed by atoms with Crippen molar-refractivity contribution < 1.29 is 19.1 Å². The van der Waals surface area contributed by atoms with Crippen LogP contribution in [0.3, 0.4) is 0 Å². The monoisotopic (exact) mass is 374 g/mol. The SMILES string of the molecule is CCc1ccccc1NC(=O)CNC(=O)COC(=O)c1ccccc1Cl. The normalized spacial score (nSPS) is 10.1. The first-order chi connectivity index (χ1) is 12.5. The van der Waals surface area contributed by atoms with Crippen molar-refractivity contribution in [2.75, 3.05) is 18.5 Å². The van der Waals surface area contributed by atoms with Gasteiger partial charge < -0.3 is 15.4 Å². The summed E-state index contributed by atoms with van der Waals surface area (Å²) in [6.07, 6.45) is 0.779. The number of ether oxygens (including phenoxy) is 1. The number of hydrogen-bond donors (Lipinski definition) is 2. The van der Waals surface area contributed by atoms with Gasteiger partial charge in [0.15, 0.2) is 6.61 Å². The van der Waals surface area contributed by atoms with E-state index in [4.69, 9.17) is 16.3 Å². The second-order valence-electron chi connectivity index (χ2n) is 5.39. The summed E-state index contributed by atoms with van der Waals surface area (Å²) in [6, 6.07) is 13.8. The van der Waals surface area contributed by atoms with E-state index in [1.165, 1.54) is 6.07 Å². The molecule has 2 aromatic rings. The first-order valence-corrected chi connectivity index (χ1v) is 8.45. The van der Waals surface area contributed by atoms with E-state index < -0.39 is 18.5 Å². The van der Waals surface area contributed by atoms with Gasteiger partial charge in [-0.05, 0) is 30.2 Å². The molecule has 0 heterocycles. The third-order valence-corrected chi connectivity index (χ3v) is 3.88. The Bertz CT molecular complexity index is 808. The lowest BCUT2D eigenvalue weighted by molar-refractivity contribution is -0.126. The van der Waals surface area contributed by atoms with E-state index in [1.54, 1.807) is 24.3 Å². The number of para-hydroxylation sites is 1. The summed E-state index contributed by atoms with van der Waals surface area (Å²) in [5.74, 6) is -1.65. The minimum atomic E-state index is -0.702. The van der Waals surface area contributed by atoms with Crippen molar-refractivity contribution >= 4 is 35.1 Å². The number of nitrogens with one attached hydrogen (secondary N) is 2. The van der Waals surface area contributed by atoms with Crippen molar-refractivity contribution in [3.8, 4) is 0 Å². The fourth-order valence-corrected chi connectivity index (χ4v) is 2.42. The second-order valence-corrected chi connectivity index (χ2v) is 5.80. The summed E-state index contributed by atoms with van der Waals surface area (Å²) in [6.45, 7) is 1.27. The van der Waals surface area contributed by atoms with Crippen molar-refractivity contribution in [1.82, 2.24) is 5.32 Å². The maximum Gasteiger partial charge on any atom is 0.340 e. The van der Waals surface area contributed by atoms with Crippen LogP contribution in [0.2, 0.25) is 5.02 Å². The molecule has 0 atom stereocenters. The Morgan fingerprint density at radius 3 is 2.42 bits per heavy atom. The topological polar surface area (TPSA) is 84.5 Å². The van der Waals surface area contributed by atoms with Gasteiger partial charge in [-0.1, -0.05) is 48.9 Å². The van der Waals surface area contributed by atoms with E-state index in [9.17, 15) is 14.4 Å². The third-order valence-electron chi connectivity index (χ3n) is 3.55. The van der Waals surface area contributed by atoms with Gasteiger partial charge in [-0.25, -0.2) is 4.79 Å². The van der Waals surface area contributed by atoms with Crippen molar-refractivity contribution in [1.29, 1.82) is 0 Å². The molecular weight excluding hydrogens is 356 g/mol. The van der Waals surface area contributed by atoms with E-state index >= 15 is 0 Å². The number of rotatable bonds is 7.